The van der Waals surface area contributed by atoms with Gasteiger partial charge in [-0.3, -0.25) is 19.2 Å². The van der Waals surface area contributed by atoms with E-state index >= 15 is 0 Å². The van der Waals surface area contributed by atoms with Gasteiger partial charge in [0.15, 0.2) is 16.6 Å². The first-order valence-corrected chi connectivity index (χ1v) is 23.5. The number of carboxylic acids is 2. The molecule has 2 atom stereocenters. The summed E-state index contributed by atoms with van der Waals surface area (Å²) in [7, 11) is -6.56. The van der Waals surface area contributed by atoms with Crippen LogP contribution in [0.25, 0.3) is 0 Å². The molecule has 0 spiro atoms. The molecule has 2 unspecified atom stereocenters. The summed E-state index contributed by atoms with van der Waals surface area (Å²) in [6, 6.07) is 1.67. The molecule has 0 bridgehead atoms. The van der Waals surface area contributed by atoms with E-state index in [1.54, 1.807) is 0 Å². The Bertz CT molecular complexity index is 787. The first-order chi connectivity index (χ1) is 19.8. The summed E-state index contributed by atoms with van der Waals surface area (Å²) in [6.07, 6.45) is -1.62. The van der Waals surface area contributed by atoms with Crippen LogP contribution in [0.2, 0.25) is 51.4 Å². The van der Waals surface area contributed by atoms with E-state index in [0.29, 0.717) is 13.2 Å². The summed E-state index contributed by atoms with van der Waals surface area (Å²) in [5.74, 6) is -3.53. The van der Waals surface area contributed by atoms with Crippen LogP contribution in [-0.2, 0) is 46.4 Å². The SMILES string of the molecule is C[Si](C)(CCCOCC(O)COC(=O)CCC(=O)O)O[Si](C)(C)O[Si](C)(C)CCCOCC(O)COC(=O)CCC(=O)O. The first kappa shape index (κ1) is 41.3. The van der Waals surface area contributed by atoms with Crippen molar-refractivity contribution in [2.24, 2.45) is 0 Å². The number of hydrogen-bond donors (Lipinski definition) is 4. The molecule has 17 heteroatoms. The fraction of sp³-hybridized carbons (Fsp3) is 0.846. The van der Waals surface area contributed by atoms with E-state index in [2.05, 4.69) is 26.2 Å². The van der Waals surface area contributed by atoms with Crippen LogP contribution in [0.5, 0.6) is 0 Å². The minimum Gasteiger partial charge on any atom is -0.481 e. The van der Waals surface area contributed by atoms with Gasteiger partial charge in [0.1, 0.15) is 25.4 Å². The molecule has 0 aliphatic rings. The second-order valence-electron chi connectivity index (χ2n) is 11.9. The molecule has 0 saturated heterocycles. The Morgan fingerprint density at radius 3 is 1.26 bits per heavy atom. The molecule has 0 heterocycles. The third kappa shape index (κ3) is 25.3. The maximum absolute atomic E-state index is 11.4. The molecule has 0 saturated carbocycles. The van der Waals surface area contributed by atoms with Gasteiger partial charge in [-0.1, -0.05) is 0 Å². The molecule has 0 aromatic rings. The lowest BCUT2D eigenvalue weighted by Crippen LogP contribution is -2.52. The Balaban J connectivity index is 4.20. The molecule has 43 heavy (non-hydrogen) atoms. The highest BCUT2D eigenvalue weighted by molar-refractivity contribution is 6.87. The third-order valence-electron chi connectivity index (χ3n) is 5.76. The van der Waals surface area contributed by atoms with E-state index in [1.807, 2.05) is 13.1 Å². The monoisotopic (exact) mass is 672 g/mol. The van der Waals surface area contributed by atoms with E-state index in [4.69, 9.17) is 37.4 Å². The average molecular weight is 673 g/mol. The number of aliphatic hydroxyl groups is 2. The zero-order valence-electron chi connectivity index (χ0n) is 26.4. The van der Waals surface area contributed by atoms with Crippen molar-refractivity contribution >= 4 is 49.1 Å². The molecule has 0 aromatic carbocycles. The van der Waals surface area contributed by atoms with E-state index in [-0.39, 0.29) is 52.1 Å². The molecular weight excluding hydrogens is 621 g/mol. The van der Waals surface area contributed by atoms with Crippen LogP contribution in [0, 0.1) is 0 Å². The summed E-state index contributed by atoms with van der Waals surface area (Å²) in [5.41, 5.74) is 0. The predicted octanol–water partition coefficient (Wildman–Crippen LogP) is 2.48. The van der Waals surface area contributed by atoms with Gasteiger partial charge < -0.3 is 47.6 Å². The molecule has 0 fully saturated rings. The van der Waals surface area contributed by atoms with E-state index in [1.165, 1.54) is 0 Å². The molecule has 0 radical (unpaired) electrons. The van der Waals surface area contributed by atoms with Crippen LogP contribution >= 0.6 is 0 Å². The standard InChI is InChI=1S/C26H52O14Si3/c1-41(2,15-7-13-35-17-21(27)19-37-25(33)11-9-23(29)30)39-43(5,6)40-42(3,4)16-8-14-36-18-22(28)20-38-26(34)12-10-24(31)32/h21-22,27-28H,7-20H2,1-6H3,(H,29,30)(H,31,32). The summed E-state index contributed by atoms with van der Waals surface area (Å²) in [6.45, 7) is 13.0. The predicted molar refractivity (Wildman–Crippen MR) is 163 cm³/mol. The van der Waals surface area contributed by atoms with E-state index in [0.717, 1.165) is 24.9 Å². The highest BCUT2D eigenvalue weighted by Crippen LogP contribution is 2.26. The number of carbonyl (C=O) groups excluding carboxylic acids is 2. The van der Waals surface area contributed by atoms with Crippen molar-refractivity contribution in [2.45, 2.75) is 102 Å². The summed E-state index contributed by atoms with van der Waals surface area (Å²) in [5, 5.41) is 36.9. The second-order valence-corrected chi connectivity index (χ2v) is 24.4. The highest BCUT2D eigenvalue weighted by atomic mass is 28.5. The maximum Gasteiger partial charge on any atom is 0.311 e. The van der Waals surface area contributed by atoms with E-state index < -0.39 is 61.3 Å². The van der Waals surface area contributed by atoms with Crippen LogP contribution < -0.4 is 0 Å². The van der Waals surface area contributed by atoms with Gasteiger partial charge >= 0.3 is 32.4 Å². The number of hydrogen-bond acceptors (Lipinski definition) is 12. The normalized spacial score (nSPS) is 13.8. The summed E-state index contributed by atoms with van der Waals surface area (Å²) in [4.78, 5) is 43.8. The maximum atomic E-state index is 11.4. The number of aliphatic carboxylic acids is 2. The van der Waals surface area contributed by atoms with Gasteiger partial charge in [0.25, 0.3) is 0 Å². The zero-order valence-corrected chi connectivity index (χ0v) is 29.4. The number of carbonyl (C=O) groups is 4. The van der Waals surface area contributed by atoms with Crippen molar-refractivity contribution in [3.8, 4) is 0 Å². The largest absolute Gasteiger partial charge is 0.481 e. The minimum absolute atomic E-state index is 0.00290. The molecular formula is C26H52O14Si3. The molecule has 0 amide bonds. The van der Waals surface area contributed by atoms with Crippen LogP contribution in [-0.4, -0.2) is 121 Å². The molecule has 0 aromatic heterocycles. The van der Waals surface area contributed by atoms with Crippen LogP contribution in [0.15, 0.2) is 0 Å². The van der Waals surface area contributed by atoms with Crippen molar-refractivity contribution in [3.63, 3.8) is 0 Å². The quantitative estimate of drug-likeness (QED) is 0.0592. The minimum atomic E-state index is -2.43. The van der Waals surface area contributed by atoms with Gasteiger partial charge in [0.05, 0.1) is 38.9 Å². The topological polar surface area (TPSA) is 205 Å². The molecule has 14 nitrogen and oxygen atoms in total. The zero-order chi connectivity index (χ0) is 33.1. The van der Waals surface area contributed by atoms with Crippen molar-refractivity contribution in [2.75, 3.05) is 39.6 Å². The van der Waals surface area contributed by atoms with Gasteiger partial charge in [-0.05, 0) is 64.2 Å². The van der Waals surface area contributed by atoms with Gasteiger partial charge in [0.2, 0.25) is 0 Å². The lowest BCUT2D eigenvalue weighted by molar-refractivity contribution is -0.151. The van der Waals surface area contributed by atoms with Crippen molar-refractivity contribution in [1.29, 1.82) is 0 Å². The van der Waals surface area contributed by atoms with Gasteiger partial charge in [0, 0.05) is 13.2 Å². The van der Waals surface area contributed by atoms with Crippen LogP contribution in [0.3, 0.4) is 0 Å². The van der Waals surface area contributed by atoms with Gasteiger partial charge in [-0.25, -0.2) is 0 Å². The van der Waals surface area contributed by atoms with Crippen LogP contribution in [0.4, 0.5) is 0 Å². The summed E-state index contributed by atoms with van der Waals surface area (Å²) < 4.78 is 33.8. The third-order valence-corrected chi connectivity index (χ3v) is 17.2. The van der Waals surface area contributed by atoms with Gasteiger partial charge in [-0.15, -0.1) is 0 Å². The summed E-state index contributed by atoms with van der Waals surface area (Å²) >= 11 is 0. The number of aliphatic hydroxyl groups excluding tert-OH is 2. The molecule has 0 rings (SSSR count). The number of carboxylic acid groups (broad SMARTS) is 2. The Hall–Kier alpha value is -1.71. The van der Waals surface area contributed by atoms with Crippen molar-refractivity contribution in [1.82, 2.24) is 0 Å². The average Bonchev–Trinajstić information content (AvgIpc) is 2.86. The smallest absolute Gasteiger partial charge is 0.311 e. The Morgan fingerprint density at radius 2 is 0.930 bits per heavy atom. The van der Waals surface area contributed by atoms with Gasteiger partial charge in [-0.2, -0.15) is 0 Å². The Morgan fingerprint density at radius 1 is 0.581 bits per heavy atom. The number of rotatable bonds is 26. The molecule has 252 valence electrons. The molecule has 0 aliphatic heterocycles. The van der Waals surface area contributed by atoms with Crippen LogP contribution in [0.1, 0.15) is 38.5 Å². The Labute approximate surface area is 257 Å². The second kappa shape index (κ2) is 21.1. The van der Waals surface area contributed by atoms with Crippen molar-refractivity contribution in [3.05, 3.63) is 0 Å². The van der Waals surface area contributed by atoms with Crippen molar-refractivity contribution < 1.29 is 66.8 Å². The highest BCUT2D eigenvalue weighted by Gasteiger charge is 2.39. The number of ether oxygens (including phenoxy) is 4. The van der Waals surface area contributed by atoms with E-state index in [9.17, 15) is 29.4 Å². The fourth-order valence-corrected chi connectivity index (χ4v) is 18.1. The Kier molecular flexibility index (Phi) is 20.3. The molecule has 0 aliphatic carbocycles. The lowest BCUT2D eigenvalue weighted by atomic mass is 10.3. The molecule has 4 N–H and O–H groups in total. The fourth-order valence-electron chi connectivity index (χ4n) is 4.13. The first-order valence-electron chi connectivity index (χ1n) is 14.5. The lowest BCUT2D eigenvalue weighted by Gasteiger charge is -2.38. The number of esters is 2.